The number of nitrogens with zero attached hydrogens (tertiary/aromatic N) is 3. The summed E-state index contributed by atoms with van der Waals surface area (Å²) in [6, 6.07) is 12.0. The SMILES string of the molecule is C=CCn1c(SCC(=O)Nc2cccc(Cl)c2Cl)nnc1[C@@H](C)NC(=O)c1ccccc1C. The van der Waals surface area contributed by atoms with Crippen LogP contribution in [-0.4, -0.2) is 32.3 Å². The Morgan fingerprint density at radius 3 is 2.67 bits per heavy atom. The van der Waals surface area contributed by atoms with Gasteiger partial charge in [-0.2, -0.15) is 0 Å². The normalized spacial score (nSPS) is 11.6. The first-order chi connectivity index (χ1) is 15.8. The minimum absolute atomic E-state index is 0.0854. The molecule has 3 aromatic rings. The van der Waals surface area contributed by atoms with Crippen molar-refractivity contribution in [2.24, 2.45) is 0 Å². The van der Waals surface area contributed by atoms with Crippen molar-refractivity contribution < 1.29 is 9.59 Å². The van der Waals surface area contributed by atoms with Gasteiger partial charge in [-0.25, -0.2) is 0 Å². The highest BCUT2D eigenvalue weighted by molar-refractivity contribution is 7.99. The van der Waals surface area contributed by atoms with E-state index in [9.17, 15) is 9.59 Å². The summed E-state index contributed by atoms with van der Waals surface area (Å²) in [5.41, 5.74) is 1.93. The number of thioether (sulfide) groups is 1. The number of halogens is 2. The molecule has 0 bridgehead atoms. The van der Waals surface area contributed by atoms with Crippen molar-refractivity contribution in [2.45, 2.75) is 31.6 Å². The number of benzene rings is 2. The molecule has 2 amide bonds. The van der Waals surface area contributed by atoms with Gasteiger partial charge in [-0.05, 0) is 37.6 Å². The van der Waals surface area contributed by atoms with Gasteiger partial charge >= 0.3 is 0 Å². The Kier molecular flexibility index (Phi) is 8.55. The van der Waals surface area contributed by atoms with Crippen molar-refractivity contribution in [2.75, 3.05) is 11.1 Å². The summed E-state index contributed by atoms with van der Waals surface area (Å²) in [6.07, 6.45) is 1.71. The third kappa shape index (κ3) is 6.16. The van der Waals surface area contributed by atoms with Crippen LogP contribution in [0.25, 0.3) is 0 Å². The predicted molar refractivity (Wildman–Crippen MR) is 133 cm³/mol. The first kappa shape index (κ1) is 24.8. The Morgan fingerprint density at radius 2 is 1.94 bits per heavy atom. The van der Waals surface area contributed by atoms with Crippen molar-refractivity contribution in [3.05, 3.63) is 82.1 Å². The highest BCUT2D eigenvalue weighted by Crippen LogP contribution is 2.30. The summed E-state index contributed by atoms with van der Waals surface area (Å²) >= 11 is 13.3. The average molecular weight is 504 g/mol. The number of aryl methyl sites for hydroxylation is 1. The number of amides is 2. The lowest BCUT2D eigenvalue weighted by Crippen LogP contribution is -2.29. The zero-order valence-corrected chi connectivity index (χ0v) is 20.5. The molecule has 2 aromatic carbocycles. The van der Waals surface area contributed by atoms with Gasteiger partial charge in [0.1, 0.15) is 0 Å². The largest absolute Gasteiger partial charge is 0.342 e. The van der Waals surface area contributed by atoms with Crippen molar-refractivity contribution in [1.82, 2.24) is 20.1 Å². The summed E-state index contributed by atoms with van der Waals surface area (Å²) in [5.74, 6) is 0.195. The molecular weight excluding hydrogens is 481 g/mol. The van der Waals surface area contributed by atoms with Gasteiger partial charge in [-0.3, -0.25) is 9.59 Å². The molecule has 0 aliphatic carbocycles. The van der Waals surface area contributed by atoms with Crippen molar-refractivity contribution in [3.8, 4) is 0 Å². The van der Waals surface area contributed by atoms with Crippen LogP contribution in [0.5, 0.6) is 0 Å². The molecule has 0 radical (unpaired) electrons. The number of aromatic nitrogens is 3. The monoisotopic (exact) mass is 503 g/mol. The molecule has 33 heavy (non-hydrogen) atoms. The maximum Gasteiger partial charge on any atom is 0.252 e. The summed E-state index contributed by atoms with van der Waals surface area (Å²) in [7, 11) is 0. The third-order valence-corrected chi connectivity index (χ3v) is 6.53. The number of allylic oxidation sites excluding steroid dienone is 1. The fourth-order valence-electron chi connectivity index (χ4n) is 3.11. The Bertz CT molecular complexity index is 1180. The van der Waals surface area contributed by atoms with Gasteiger partial charge in [0.05, 0.1) is 27.5 Å². The smallest absolute Gasteiger partial charge is 0.252 e. The lowest BCUT2D eigenvalue weighted by atomic mass is 10.1. The molecule has 0 unspecified atom stereocenters. The van der Waals surface area contributed by atoms with Gasteiger partial charge in [0.25, 0.3) is 5.91 Å². The minimum atomic E-state index is -0.405. The van der Waals surface area contributed by atoms with Crippen LogP contribution in [0.2, 0.25) is 10.0 Å². The van der Waals surface area contributed by atoms with Crippen molar-refractivity contribution >= 4 is 52.5 Å². The van der Waals surface area contributed by atoms with E-state index in [4.69, 9.17) is 23.2 Å². The Hall–Kier alpha value is -2.81. The Balaban J connectivity index is 1.69. The first-order valence-corrected chi connectivity index (χ1v) is 11.8. The second-order valence-corrected chi connectivity index (χ2v) is 8.92. The maximum absolute atomic E-state index is 12.7. The van der Waals surface area contributed by atoms with Gasteiger partial charge in [-0.1, -0.05) is 65.3 Å². The van der Waals surface area contributed by atoms with E-state index in [0.29, 0.717) is 33.8 Å². The standard InChI is InChI=1S/C23H23Cl2N5O2S/c1-4-12-30-21(15(3)26-22(32)16-9-6-5-8-14(16)2)28-29-23(30)33-13-19(31)27-18-11-7-10-17(24)20(18)25/h4-11,15H,1,12-13H2,2-3H3,(H,26,32)(H,27,31)/t15-/m1/s1. The number of carbonyl (C=O) groups excluding carboxylic acids is 2. The zero-order valence-electron chi connectivity index (χ0n) is 18.1. The number of rotatable bonds is 9. The molecule has 3 rings (SSSR count). The van der Waals surface area contributed by atoms with E-state index in [2.05, 4.69) is 27.4 Å². The molecule has 0 aliphatic rings. The fraction of sp³-hybridized carbons (Fsp3) is 0.217. The van der Waals surface area contributed by atoms with Gasteiger partial charge < -0.3 is 15.2 Å². The second kappa shape index (κ2) is 11.4. The number of anilines is 1. The fourth-order valence-corrected chi connectivity index (χ4v) is 4.21. The molecule has 2 N–H and O–H groups in total. The van der Waals surface area contributed by atoms with Gasteiger partial charge in [0, 0.05) is 12.1 Å². The lowest BCUT2D eigenvalue weighted by Gasteiger charge is -2.16. The van der Waals surface area contributed by atoms with Crippen molar-refractivity contribution in [1.29, 1.82) is 0 Å². The molecule has 1 heterocycles. The van der Waals surface area contributed by atoms with Crippen LogP contribution in [0.4, 0.5) is 5.69 Å². The Labute approximate surface area is 206 Å². The molecule has 1 atom stereocenters. The molecule has 172 valence electrons. The van der Waals surface area contributed by atoms with Gasteiger partial charge in [-0.15, -0.1) is 16.8 Å². The second-order valence-electron chi connectivity index (χ2n) is 7.19. The number of hydrogen-bond donors (Lipinski definition) is 2. The van der Waals surface area contributed by atoms with Gasteiger partial charge in [0.2, 0.25) is 5.91 Å². The molecule has 0 aliphatic heterocycles. The first-order valence-electron chi connectivity index (χ1n) is 10.1. The van der Waals surface area contributed by atoms with E-state index in [1.165, 1.54) is 11.8 Å². The van der Waals surface area contributed by atoms with Crippen LogP contribution in [0.3, 0.4) is 0 Å². The van der Waals surface area contributed by atoms with Crippen molar-refractivity contribution in [3.63, 3.8) is 0 Å². The van der Waals surface area contributed by atoms with E-state index in [-0.39, 0.29) is 22.6 Å². The van der Waals surface area contributed by atoms with Crippen LogP contribution in [0.15, 0.2) is 60.3 Å². The predicted octanol–water partition coefficient (Wildman–Crippen LogP) is 5.30. The number of hydrogen-bond acceptors (Lipinski definition) is 5. The van der Waals surface area contributed by atoms with E-state index in [1.807, 2.05) is 36.6 Å². The Morgan fingerprint density at radius 1 is 1.18 bits per heavy atom. The molecule has 7 nitrogen and oxygen atoms in total. The van der Waals surface area contributed by atoms with E-state index in [0.717, 1.165) is 5.56 Å². The molecule has 1 aromatic heterocycles. The highest BCUT2D eigenvalue weighted by Gasteiger charge is 2.21. The summed E-state index contributed by atoms with van der Waals surface area (Å²) in [5, 5.41) is 15.3. The highest BCUT2D eigenvalue weighted by atomic mass is 35.5. The summed E-state index contributed by atoms with van der Waals surface area (Å²) in [4.78, 5) is 25.1. The maximum atomic E-state index is 12.7. The average Bonchev–Trinajstić information content (AvgIpc) is 3.18. The van der Waals surface area contributed by atoms with E-state index in [1.54, 1.807) is 30.3 Å². The third-order valence-electron chi connectivity index (χ3n) is 4.74. The summed E-state index contributed by atoms with van der Waals surface area (Å²) in [6.45, 7) is 7.93. The number of nitrogens with one attached hydrogen (secondary N) is 2. The van der Waals surface area contributed by atoms with Crippen LogP contribution in [0, 0.1) is 6.92 Å². The molecule has 0 saturated heterocycles. The number of carbonyl (C=O) groups is 2. The molecule has 0 fully saturated rings. The molecule has 0 spiro atoms. The van der Waals surface area contributed by atoms with Crippen LogP contribution in [0.1, 0.15) is 34.7 Å². The van der Waals surface area contributed by atoms with Crippen LogP contribution in [-0.2, 0) is 11.3 Å². The molecule has 0 saturated carbocycles. The van der Waals surface area contributed by atoms with Crippen LogP contribution < -0.4 is 10.6 Å². The molecular formula is C23H23Cl2N5O2S. The van der Waals surface area contributed by atoms with Crippen LogP contribution >= 0.6 is 35.0 Å². The van der Waals surface area contributed by atoms with E-state index >= 15 is 0 Å². The van der Waals surface area contributed by atoms with Gasteiger partial charge in [0.15, 0.2) is 11.0 Å². The minimum Gasteiger partial charge on any atom is -0.342 e. The topological polar surface area (TPSA) is 88.9 Å². The molecule has 10 heteroatoms. The van der Waals surface area contributed by atoms with E-state index < -0.39 is 6.04 Å². The quantitative estimate of drug-likeness (QED) is 0.305. The summed E-state index contributed by atoms with van der Waals surface area (Å²) < 4.78 is 1.82. The lowest BCUT2D eigenvalue weighted by molar-refractivity contribution is -0.113. The zero-order chi connectivity index (χ0) is 24.0.